The number of amides is 1. The minimum absolute atomic E-state index is 0.0147. The molecule has 1 aromatic carbocycles. The fourth-order valence-electron chi connectivity index (χ4n) is 5.86. The number of carbonyl (C=O) groups excluding carboxylic acids is 1. The van der Waals surface area contributed by atoms with E-state index in [9.17, 15) is 4.79 Å². The normalized spacial score (nSPS) is 25.1. The van der Waals surface area contributed by atoms with Crippen molar-refractivity contribution in [2.75, 3.05) is 19.7 Å². The Morgan fingerprint density at radius 1 is 1.18 bits per heavy atom. The number of ether oxygens (including phenoxy) is 2. The standard InChI is InChI=1S/C27H33ClN2O3/c1-26(2)22-17-27(18-32-25(22)21-16-20(28)6-7-23(21)33-26)10-14-30(15-11-27)24(31)5-3-4-19-8-12-29-13-9-19/h6-9,12-13,16,22,25H,3-5,10-11,14-15,17-18H2,1-2H3/t22-,25+/m0/s1. The summed E-state index contributed by atoms with van der Waals surface area (Å²) in [5.74, 6) is 1.42. The Hall–Kier alpha value is -2.11. The van der Waals surface area contributed by atoms with Gasteiger partial charge in [-0.3, -0.25) is 9.78 Å². The van der Waals surface area contributed by atoms with Crippen molar-refractivity contribution >= 4 is 17.5 Å². The van der Waals surface area contributed by atoms with E-state index in [-0.39, 0.29) is 28.9 Å². The van der Waals surface area contributed by atoms with Crippen LogP contribution >= 0.6 is 11.6 Å². The molecule has 4 heterocycles. The predicted octanol–water partition coefficient (Wildman–Crippen LogP) is 5.62. The molecule has 3 aliphatic heterocycles. The van der Waals surface area contributed by atoms with E-state index in [1.54, 1.807) is 0 Å². The van der Waals surface area contributed by atoms with Crippen LogP contribution in [0.4, 0.5) is 0 Å². The first-order valence-corrected chi connectivity index (χ1v) is 12.5. The van der Waals surface area contributed by atoms with E-state index in [4.69, 9.17) is 21.1 Å². The van der Waals surface area contributed by atoms with E-state index < -0.39 is 0 Å². The lowest BCUT2D eigenvalue weighted by Gasteiger charge is -2.54. The van der Waals surface area contributed by atoms with Gasteiger partial charge in [0.15, 0.2) is 0 Å². The maximum absolute atomic E-state index is 12.8. The molecule has 3 aliphatic rings. The molecule has 2 saturated heterocycles. The molecule has 1 amide bonds. The molecular weight excluding hydrogens is 436 g/mol. The van der Waals surface area contributed by atoms with Crippen molar-refractivity contribution in [2.45, 2.75) is 64.1 Å². The van der Waals surface area contributed by atoms with Gasteiger partial charge in [-0.2, -0.15) is 0 Å². The van der Waals surface area contributed by atoms with Crippen molar-refractivity contribution in [1.29, 1.82) is 0 Å². The van der Waals surface area contributed by atoms with Gasteiger partial charge in [-0.1, -0.05) is 11.6 Å². The van der Waals surface area contributed by atoms with Gasteiger partial charge < -0.3 is 14.4 Å². The zero-order valence-corrected chi connectivity index (χ0v) is 20.3. The molecule has 0 aliphatic carbocycles. The van der Waals surface area contributed by atoms with Gasteiger partial charge in [0, 0.05) is 48.4 Å². The first kappa shape index (κ1) is 22.7. The molecular formula is C27H33ClN2O3. The van der Waals surface area contributed by atoms with Gasteiger partial charge in [0.2, 0.25) is 5.91 Å². The van der Waals surface area contributed by atoms with Gasteiger partial charge in [-0.05, 0) is 87.3 Å². The van der Waals surface area contributed by atoms with Crippen molar-refractivity contribution in [1.82, 2.24) is 9.88 Å². The number of carbonyl (C=O) groups is 1. The van der Waals surface area contributed by atoms with Crippen molar-refractivity contribution in [2.24, 2.45) is 11.3 Å². The number of aryl methyl sites for hydroxylation is 1. The van der Waals surface area contributed by atoms with Crippen molar-refractivity contribution in [3.05, 3.63) is 58.9 Å². The summed E-state index contributed by atoms with van der Waals surface area (Å²) in [7, 11) is 0. The highest BCUT2D eigenvalue weighted by Crippen LogP contribution is 2.55. The molecule has 5 nitrogen and oxygen atoms in total. The average Bonchev–Trinajstić information content (AvgIpc) is 2.81. The number of halogens is 1. The van der Waals surface area contributed by atoms with Crippen LogP contribution < -0.4 is 4.74 Å². The van der Waals surface area contributed by atoms with Gasteiger partial charge in [-0.25, -0.2) is 0 Å². The van der Waals surface area contributed by atoms with Gasteiger partial charge in [-0.15, -0.1) is 0 Å². The Bertz CT molecular complexity index is 1000. The number of hydrogen-bond acceptors (Lipinski definition) is 4. The van der Waals surface area contributed by atoms with Crippen LogP contribution in [0, 0.1) is 11.3 Å². The second-order valence-electron chi connectivity index (χ2n) is 10.5. The highest BCUT2D eigenvalue weighted by atomic mass is 35.5. The average molecular weight is 469 g/mol. The Labute approximate surface area is 201 Å². The number of rotatable bonds is 4. The fourth-order valence-corrected chi connectivity index (χ4v) is 6.04. The molecule has 1 aromatic heterocycles. The zero-order valence-electron chi connectivity index (χ0n) is 19.6. The lowest BCUT2D eigenvalue weighted by Crippen LogP contribution is -2.54. The van der Waals surface area contributed by atoms with E-state index in [1.165, 1.54) is 5.56 Å². The van der Waals surface area contributed by atoms with Crippen LogP contribution in [0.25, 0.3) is 0 Å². The maximum Gasteiger partial charge on any atom is 0.222 e. The first-order chi connectivity index (χ1) is 15.9. The van der Waals surface area contributed by atoms with Crippen LogP contribution in [0.1, 0.15) is 63.2 Å². The monoisotopic (exact) mass is 468 g/mol. The van der Waals surface area contributed by atoms with Crippen LogP contribution in [0.5, 0.6) is 5.75 Å². The molecule has 2 aromatic rings. The second kappa shape index (κ2) is 8.92. The molecule has 1 spiro atoms. The summed E-state index contributed by atoms with van der Waals surface area (Å²) in [4.78, 5) is 18.9. The molecule has 176 valence electrons. The molecule has 2 atom stereocenters. The summed E-state index contributed by atoms with van der Waals surface area (Å²) < 4.78 is 13.0. The van der Waals surface area contributed by atoms with Crippen LogP contribution in [-0.2, 0) is 16.0 Å². The van der Waals surface area contributed by atoms with E-state index in [0.29, 0.717) is 6.42 Å². The summed E-state index contributed by atoms with van der Waals surface area (Å²) in [6.07, 6.45) is 9.08. The number of piperidine rings is 1. The van der Waals surface area contributed by atoms with Gasteiger partial charge in [0.05, 0.1) is 12.7 Å². The third-order valence-electron chi connectivity index (χ3n) is 7.91. The van der Waals surface area contributed by atoms with Gasteiger partial charge in [0.1, 0.15) is 11.4 Å². The number of hydrogen-bond donors (Lipinski definition) is 0. The van der Waals surface area contributed by atoms with Gasteiger partial charge >= 0.3 is 0 Å². The van der Waals surface area contributed by atoms with Crippen molar-refractivity contribution in [3.63, 3.8) is 0 Å². The summed E-state index contributed by atoms with van der Waals surface area (Å²) in [5, 5.41) is 0.718. The van der Waals surface area contributed by atoms with Crippen LogP contribution in [-0.4, -0.2) is 41.1 Å². The summed E-state index contributed by atoms with van der Waals surface area (Å²) in [6.45, 7) is 6.72. The smallest absolute Gasteiger partial charge is 0.222 e. The number of aromatic nitrogens is 1. The summed E-state index contributed by atoms with van der Waals surface area (Å²) in [6, 6.07) is 9.88. The Morgan fingerprint density at radius 2 is 1.94 bits per heavy atom. The van der Waals surface area contributed by atoms with E-state index in [1.807, 2.05) is 42.7 Å². The maximum atomic E-state index is 12.8. The van der Waals surface area contributed by atoms with E-state index in [2.05, 4.69) is 23.7 Å². The Morgan fingerprint density at radius 3 is 2.70 bits per heavy atom. The van der Waals surface area contributed by atoms with Gasteiger partial charge in [0.25, 0.3) is 0 Å². The lowest BCUT2D eigenvalue weighted by molar-refractivity contribution is -0.176. The molecule has 0 bridgehead atoms. The fraction of sp³-hybridized carbons (Fsp3) is 0.556. The SMILES string of the molecule is CC1(C)Oc2ccc(Cl)cc2[C@H]2OCC3(CCN(C(=O)CCCc4ccncc4)CC3)C[C@@H]21. The van der Waals surface area contributed by atoms with Crippen LogP contribution in [0.2, 0.25) is 5.02 Å². The summed E-state index contributed by atoms with van der Waals surface area (Å²) >= 11 is 6.29. The third-order valence-corrected chi connectivity index (χ3v) is 8.15. The highest BCUT2D eigenvalue weighted by molar-refractivity contribution is 6.30. The molecule has 33 heavy (non-hydrogen) atoms. The molecule has 6 heteroatoms. The number of pyridine rings is 1. The summed E-state index contributed by atoms with van der Waals surface area (Å²) in [5.41, 5.74) is 2.12. The minimum Gasteiger partial charge on any atom is -0.487 e. The number of nitrogens with zero attached hydrogens (tertiary/aromatic N) is 2. The molecule has 5 rings (SSSR count). The Balaban J connectivity index is 1.19. The van der Waals surface area contributed by atoms with E-state index in [0.717, 1.165) is 68.1 Å². The van der Waals surface area contributed by atoms with Crippen LogP contribution in [0.3, 0.4) is 0 Å². The third kappa shape index (κ3) is 4.63. The topological polar surface area (TPSA) is 51.7 Å². The molecule has 0 unspecified atom stereocenters. The zero-order chi connectivity index (χ0) is 23.1. The number of fused-ring (bicyclic) bond motifs is 3. The van der Waals surface area contributed by atoms with E-state index >= 15 is 0 Å². The molecule has 0 radical (unpaired) electrons. The molecule has 0 saturated carbocycles. The molecule has 2 fully saturated rings. The van der Waals surface area contributed by atoms with Crippen molar-refractivity contribution < 1.29 is 14.3 Å². The predicted molar refractivity (Wildman–Crippen MR) is 128 cm³/mol. The second-order valence-corrected chi connectivity index (χ2v) is 11.0. The van der Waals surface area contributed by atoms with Crippen LogP contribution in [0.15, 0.2) is 42.7 Å². The number of benzene rings is 1. The number of likely N-dealkylation sites (tertiary alicyclic amines) is 1. The lowest BCUT2D eigenvalue weighted by atomic mass is 9.64. The first-order valence-electron chi connectivity index (χ1n) is 12.1. The highest BCUT2D eigenvalue weighted by Gasteiger charge is 2.52. The quantitative estimate of drug-likeness (QED) is 0.584. The minimum atomic E-state index is -0.307. The molecule has 0 N–H and O–H groups in total. The Kier molecular flexibility index (Phi) is 6.13. The largest absolute Gasteiger partial charge is 0.487 e. The van der Waals surface area contributed by atoms with Crippen molar-refractivity contribution in [3.8, 4) is 5.75 Å².